The molecule has 0 saturated carbocycles. The van der Waals surface area contributed by atoms with E-state index in [0.29, 0.717) is 17.0 Å². The lowest BCUT2D eigenvalue weighted by Gasteiger charge is -2.28. The van der Waals surface area contributed by atoms with Crippen molar-refractivity contribution in [3.63, 3.8) is 0 Å². The van der Waals surface area contributed by atoms with E-state index in [0.717, 1.165) is 4.90 Å². The summed E-state index contributed by atoms with van der Waals surface area (Å²) in [6.07, 6.45) is 0.574. The zero-order chi connectivity index (χ0) is 13.3. The van der Waals surface area contributed by atoms with Gasteiger partial charge in [0.15, 0.2) is 0 Å². The summed E-state index contributed by atoms with van der Waals surface area (Å²) in [5.41, 5.74) is 6.00. The molecule has 0 aromatic heterocycles. The maximum atomic E-state index is 13.1. The molecule has 0 radical (unpaired) electrons. The van der Waals surface area contributed by atoms with E-state index in [2.05, 4.69) is 0 Å². The molecule has 1 aromatic carbocycles. The molecule has 1 aliphatic rings. The average molecular weight is 271 g/mol. The predicted octanol–water partition coefficient (Wildman–Crippen LogP) is 1.46. The van der Waals surface area contributed by atoms with Gasteiger partial charge in [-0.1, -0.05) is 11.6 Å². The summed E-state index contributed by atoms with van der Waals surface area (Å²) in [6.45, 7) is -0.0397. The maximum Gasteiger partial charge on any atom is 0.246 e. The minimum Gasteiger partial charge on any atom is -0.320 e. The molecular formula is C12H12ClFN2O2. The summed E-state index contributed by atoms with van der Waals surface area (Å²) in [6, 6.07) is 3.15. The number of benzene rings is 1. The van der Waals surface area contributed by atoms with Crippen LogP contribution in [-0.4, -0.2) is 22.8 Å². The Kier molecular flexibility index (Phi) is 3.63. The van der Waals surface area contributed by atoms with Gasteiger partial charge in [0.2, 0.25) is 11.8 Å². The molecule has 1 unspecified atom stereocenters. The van der Waals surface area contributed by atoms with Crippen molar-refractivity contribution in [2.75, 3.05) is 0 Å². The summed E-state index contributed by atoms with van der Waals surface area (Å²) >= 11 is 5.90. The highest BCUT2D eigenvalue weighted by Crippen LogP contribution is 2.21. The van der Waals surface area contributed by atoms with Crippen LogP contribution in [0.3, 0.4) is 0 Å². The number of nitrogens with two attached hydrogens (primary N) is 1. The molecule has 2 N–H and O–H groups in total. The van der Waals surface area contributed by atoms with Gasteiger partial charge in [-0.05, 0) is 30.2 Å². The fraction of sp³-hybridized carbons (Fsp3) is 0.333. The number of nitrogens with zero attached hydrogens (tertiary/aromatic N) is 1. The van der Waals surface area contributed by atoms with Gasteiger partial charge < -0.3 is 5.73 Å². The third-order valence-electron chi connectivity index (χ3n) is 2.89. The molecule has 4 nitrogen and oxygen atoms in total. The van der Waals surface area contributed by atoms with Crippen LogP contribution in [0.15, 0.2) is 18.2 Å². The molecule has 0 spiro atoms. The Morgan fingerprint density at radius 1 is 1.44 bits per heavy atom. The first-order chi connectivity index (χ1) is 8.49. The van der Waals surface area contributed by atoms with Crippen LogP contribution in [0.25, 0.3) is 0 Å². The Balaban J connectivity index is 2.24. The van der Waals surface area contributed by atoms with Gasteiger partial charge in [-0.3, -0.25) is 14.5 Å². The van der Waals surface area contributed by atoms with E-state index in [1.807, 2.05) is 0 Å². The summed E-state index contributed by atoms with van der Waals surface area (Å²) in [4.78, 5) is 24.5. The first kappa shape index (κ1) is 13.0. The van der Waals surface area contributed by atoms with Crippen LogP contribution in [0, 0.1) is 5.82 Å². The third kappa shape index (κ3) is 2.52. The fourth-order valence-electron chi connectivity index (χ4n) is 1.86. The summed E-state index contributed by atoms with van der Waals surface area (Å²) in [5, 5.41) is 0.316. The topological polar surface area (TPSA) is 63.4 Å². The molecule has 1 heterocycles. The van der Waals surface area contributed by atoms with E-state index in [9.17, 15) is 14.0 Å². The first-order valence-corrected chi connectivity index (χ1v) is 5.90. The molecule has 0 aliphatic carbocycles. The van der Waals surface area contributed by atoms with Crippen LogP contribution >= 0.6 is 11.6 Å². The zero-order valence-electron chi connectivity index (χ0n) is 9.53. The number of halogens is 2. The highest BCUT2D eigenvalue weighted by Gasteiger charge is 2.32. The van der Waals surface area contributed by atoms with E-state index < -0.39 is 17.8 Å². The normalized spacial score (nSPS) is 20.4. The number of imide groups is 1. The average Bonchev–Trinajstić information content (AvgIpc) is 2.34. The number of carbonyl (C=O) groups excluding carboxylic acids is 2. The minimum atomic E-state index is -0.671. The highest BCUT2D eigenvalue weighted by molar-refractivity contribution is 6.31. The lowest BCUT2D eigenvalue weighted by Crippen LogP contribution is -2.50. The molecule has 96 valence electrons. The second-order valence-corrected chi connectivity index (χ2v) is 4.61. The van der Waals surface area contributed by atoms with Gasteiger partial charge >= 0.3 is 0 Å². The van der Waals surface area contributed by atoms with Gasteiger partial charge in [-0.15, -0.1) is 0 Å². The third-order valence-corrected chi connectivity index (χ3v) is 3.26. The minimum absolute atomic E-state index is 0.0397. The van der Waals surface area contributed by atoms with Crippen LogP contribution in [0.4, 0.5) is 4.39 Å². The lowest BCUT2D eigenvalue weighted by atomic mass is 10.0. The van der Waals surface area contributed by atoms with Crippen LogP contribution < -0.4 is 5.73 Å². The molecule has 6 heteroatoms. The van der Waals surface area contributed by atoms with Gasteiger partial charge in [0.1, 0.15) is 5.82 Å². The monoisotopic (exact) mass is 270 g/mol. The number of amides is 2. The maximum absolute atomic E-state index is 13.1. The Morgan fingerprint density at radius 2 is 2.17 bits per heavy atom. The summed E-state index contributed by atoms with van der Waals surface area (Å²) in [7, 11) is 0. The Bertz CT molecular complexity index is 507. The molecule has 18 heavy (non-hydrogen) atoms. The SMILES string of the molecule is NC1CCC(=O)N(Cc2cc(F)ccc2Cl)C1=O. The van der Waals surface area contributed by atoms with Crippen molar-refractivity contribution in [3.8, 4) is 0 Å². The van der Waals surface area contributed by atoms with Crippen LogP contribution in [-0.2, 0) is 16.1 Å². The van der Waals surface area contributed by atoms with Crippen LogP contribution in [0.2, 0.25) is 5.02 Å². The molecular weight excluding hydrogens is 259 g/mol. The number of hydrogen-bond acceptors (Lipinski definition) is 3. The van der Waals surface area contributed by atoms with E-state index in [1.165, 1.54) is 18.2 Å². The zero-order valence-corrected chi connectivity index (χ0v) is 10.3. The van der Waals surface area contributed by atoms with Gasteiger partial charge in [-0.2, -0.15) is 0 Å². The van der Waals surface area contributed by atoms with E-state index in [1.54, 1.807) is 0 Å². The predicted molar refractivity (Wildman–Crippen MR) is 64.2 cm³/mol. The van der Waals surface area contributed by atoms with E-state index >= 15 is 0 Å². The first-order valence-electron chi connectivity index (χ1n) is 5.53. The molecule has 1 aliphatic heterocycles. The quantitative estimate of drug-likeness (QED) is 0.828. The second kappa shape index (κ2) is 5.04. The number of likely N-dealkylation sites (tertiary alicyclic amines) is 1. The fourth-order valence-corrected chi connectivity index (χ4v) is 2.04. The van der Waals surface area contributed by atoms with Crippen molar-refractivity contribution in [2.24, 2.45) is 5.73 Å². The van der Waals surface area contributed by atoms with Gasteiger partial charge in [0.05, 0.1) is 12.6 Å². The summed E-state index contributed by atoms with van der Waals surface area (Å²) < 4.78 is 13.1. The van der Waals surface area contributed by atoms with Gasteiger partial charge in [0, 0.05) is 11.4 Å². The van der Waals surface area contributed by atoms with Crippen molar-refractivity contribution in [2.45, 2.75) is 25.4 Å². The van der Waals surface area contributed by atoms with Crippen molar-refractivity contribution in [1.82, 2.24) is 4.90 Å². The van der Waals surface area contributed by atoms with Gasteiger partial charge in [-0.25, -0.2) is 4.39 Å². The molecule has 1 aromatic rings. The standard InChI is InChI=1S/C12H12ClFN2O2/c13-9-2-1-8(14)5-7(9)6-16-11(17)4-3-10(15)12(16)18/h1-2,5,10H,3-4,6,15H2. The smallest absolute Gasteiger partial charge is 0.246 e. The largest absolute Gasteiger partial charge is 0.320 e. The van der Waals surface area contributed by atoms with E-state index in [4.69, 9.17) is 17.3 Å². The molecule has 1 fully saturated rings. The van der Waals surface area contributed by atoms with Crippen molar-refractivity contribution < 1.29 is 14.0 Å². The van der Waals surface area contributed by atoms with Crippen molar-refractivity contribution in [1.29, 1.82) is 0 Å². The summed E-state index contributed by atoms with van der Waals surface area (Å²) in [5.74, 6) is -1.20. The van der Waals surface area contributed by atoms with Gasteiger partial charge in [0.25, 0.3) is 0 Å². The number of carbonyl (C=O) groups is 2. The Morgan fingerprint density at radius 3 is 2.89 bits per heavy atom. The molecule has 2 amide bonds. The Labute approximate surface area is 109 Å². The second-order valence-electron chi connectivity index (χ2n) is 4.20. The lowest BCUT2D eigenvalue weighted by molar-refractivity contribution is -0.149. The molecule has 1 saturated heterocycles. The van der Waals surface area contributed by atoms with Crippen molar-refractivity contribution in [3.05, 3.63) is 34.6 Å². The van der Waals surface area contributed by atoms with Crippen LogP contribution in [0.1, 0.15) is 18.4 Å². The number of piperidine rings is 1. The van der Waals surface area contributed by atoms with E-state index in [-0.39, 0.29) is 18.9 Å². The Hall–Kier alpha value is -1.46. The molecule has 1 atom stereocenters. The number of hydrogen-bond donors (Lipinski definition) is 1. The number of rotatable bonds is 2. The van der Waals surface area contributed by atoms with Crippen LogP contribution in [0.5, 0.6) is 0 Å². The highest BCUT2D eigenvalue weighted by atomic mass is 35.5. The van der Waals surface area contributed by atoms with Crippen molar-refractivity contribution >= 4 is 23.4 Å². The molecule has 0 bridgehead atoms. The molecule has 2 rings (SSSR count).